The van der Waals surface area contributed by atoms with Crippen LogP contribution in [0.2, 0.25) is 0 Å². The summed E-state index contributed by atoms with van der Waals surface area (Å²) in [5.74, 6) is 3.88. The molecule has 0 spiro atoms. The number of nitrogens with zero attached hydrogens (tertiary/aromatic N) is 1. The van der Waals surface area contributed by atoms with Crippen LogP contribution in [0.4, 0.5) is 0 Å². The van der Waals surface area contributed by atoms with E-state index in [-0.39, 0.29) is 37.9 Å². The summed E-state index contributed by atoms with van der Waals surface area (Å²) in [6, 6.07) is 6.37. The average molecular weight is 661 g/mol. The fourth-order valence-corrected chi connectivity index (χ4v) is 6.24. The smallest absolute Gasteiger partial charge is 0.254 e. The second-order valence-corrected chi connectivity index (χ2v) is 11.8. The van der Waals surface area contributed by atoms with Gasteiger partial charge in [-0.1, -0.05) is 24.5 Å². The third-order valence-electron chi connectivity index (χ3n) is 8.54. The number of aliphatic hydroxyl groups excluding tert-OH is 1. The normalized spacial score (nSPS) is 26.3. The van der Waals surface area contributed by atoms with Gasteiger partial charge >= 0.3 is 0 Å². The highest BCUT2D eigenvalue weighted by Crippen LogP contribution is 2.53. The molecule has 0 bridgehead atoms. The molecule has 0 aromatic heterocycles. The summed E-state index contributed by atoms with van der Waals surface area (Å²) in [7, 11) is 2.93. The van der Waals surface area contributed by atoms with Crippen molar-refractivity contribution in [1.29, 1.82) is 0 Å². The predicted octanol–water partition coefficient (Wildman–Crippen LogP) is 0.337. The van der Waals surface area contributed by atoms with Gasteiger partial charge in [0.2, 0.25) is 18.1 Å². The molecule has 260 valence electrons. The van der Waals surface area contributed by atoms with E-state index < -0.39 is 54.2 Å². The molecule has 14 nitrogen and oxygen atoms in total. The molecule has 4 unspecified atom stereocenters. The molecule has 1 aromatic rings. The number of methoxy groups -OCH3 is 2. The Bertz CT molecular complexity index is 1280. The van der Waals surface area contributed by atoms with E-state index >= 15 is 0 Å². The molecule has 4 rings (SSSR count). The van der Waals surface area contributed by atoms with Crippen molar-refractivity contribution in [2.45, 2.75) is 95.0 Å². The highest BCUT2D eigenvalue weighted by Gasteiger charge is 2.72. The summed E-state index contributed by atoms with van der Waals surface area (Å²) in [4.78, 5) is 45.4. The maximum absolute atomic E-state index is 14.0. The van der Waals surface area contributed by atoms with Crippen LogP contribution in [-0.4, -0.2) is 111 Å². The molecule has 5 N–H and O–H groups in total. The van der Waals surface area contributed by atoms with E-state index in [1.807, 2.05) is 38.1 Å². The van der Waals surface area contributed by atoms with Gasteiger partial charge in [-0.3, -0.25) is 19.2 Å². The van der Waals surface area contributed by atoms with Gasteiger partial charge in [0.1, 0.15) is 12.1 Å². The molecule has 2 heterocycles. The van der Waals surface area contributed by atoms with Crippen molar-refractivity contribution in [3.05, 3.63) is 35.4 Å². The number of fused-ring (bicyclic) bond motifs is 2. The lowest BCUT2D eigenvalue weighted by Crippen LogP contribution is -2.61. The first-order valence-corrected chi connectivity index (χ1v) is 16.2. The van der Waals surface area contributed by atoms with E-state index in [0.717, 1.165) is 5.56 Å². The molecule has 6 atom stereocenters. The number of hydroxylamine groups is 2. The van der Waals surface area contributed by atoms with Crippen molar-refractivity contribution in [2.75, 3.05) is 40.5 Å². The van der Waals surface area contributed by atoms with Gasteiger partial charge in [-0.05, 0) is 50.3 Å². The number of rotatable bonds is 18. The minimum Gasteiger partial charge on any atom is -0.390 e. The van der Waals surface area contributed by atoms with Crippen LogP contribution < -0.4 is 16.4 Å². The lowest BCUT2D eigenvalue weighted by Gasteiger charge is -2.37. The number of unbranched alkanes of at least 4 members (excludes halogenated alkanes) is 2. The number of carbonyl (C=O) groups is 3. The fraction of sp³-hybridized carbons (Fsp3) is 0.667. The van der Waals surface area contributed by atoms with Gasteiger partial charge in [0.05, 0.1) is 31.2 Å². The minimum atomic E-state index is -1.56. The first-order valence-electron chi connectivity index (χ1n) is 16.2. The Morgan fingerprint density at radius 2 is 1.87 bits per heavy atom. The van der Waals surface area contributed by atoms with Crippen molar-refractivity contribution in [2.24, 2.45) is 11.7 Å². The van der Waals surface area contributed by atoms with Crippen LogP contribution in [-0.2, 0) is 49.5 Å². The molecular weight excluding hydrogens is 612 g/mol. The largest absolute Gasteiger partial charge is 0.390 e. The zero-order valence-corrected chi connectivity index (χ0v) is 27.6. The Morgan fingerprint density at radius 3 is 2.55 bits per heavy atom. The second-order valence-electron chi connectivity index (χ2n) is 11.8. The molecule has 0 radical (unpaired) electrons. The second kappa shape index (κ2) is 17.3. The number of hydrogen-bond acceptors (Lipinski definition) is 11. The van der Waals surface area contributed by atoms with E-state index in [9.17, 15) is 19.5 Å². The van der Waals surface area contributed by atoms with Gasteiger partial charge < -0.3 is 45.2 Å². The van der Waals surface area contributed by atoms with Crippen LogP contribution in [0.5, 0.6) is 0 Å². The van der Waals surface area contributed by atoms with E-state index in [1.54, 1.807) is 0 Å². The molecule has 14 heteroatoms. The topological polar surface area (TPSA) is 183 Å². The molecule has 1 saturated carbocycles. The number of nitrogens with one attached hydrogen (secondary N) is 2. The van der Waals surface area contributed by atoms with E-state index in [0.29, 0.717) is 44.6 Å². The van der Waals surface area contributed by atoms with Gasteiger partial charge in [0.15, 0.2) is 11.9 Å². The lowest BCUT2D eigenvalue weighted by molar-refractivity contribution is -0.219. The summed E-state index contributed by atoms with van der Waals surface area (Å²) in [5, 5.41) is 18.8. The Balaban J connectivity index is 1.59. The molecule has 2 saturated heterocycles. The van der Waals surface area contributed by atoms with Gasteiger partial charge in [-0.25, -0.2) is 0 Å². The number of benzene rings is 1. The van der Waals surface area contributed by atoms with Crippen LogP contribution >= 0.6 is 0 Å². The molecule has 1 aliphatic carbocycles. The highest BCUT2D eigenvalue weighted by molar-refractivity contribution is 5.90. The number of primary amides is 1. The molecule has 1 aromatic carbocycles. The zero-order chi connectivity index (χ0) is 34.0. The van der Waals surface area contributed by atoms with Gasteiger partial charge in [-0.15, -0.1) is 0 Å². The molecular formula is C33H48N4O10. The molecule has 3 amide bonds. The molecule has 3 fully saturated rings. The van der Waals surface area contributed by atoms with Gasteiger partial charge in [0, 0.05) is 52.4 Å². The number of nitrogens with two attached hydrogens (primary N) is 1. The third kappa shape index (κ3) is 9.27. The first kappa shape index (κ1) is 36.7. The maximum Gasteiger partial charge on any atom is 0.254 e. The fourth-order valence-electron chi connectivity index (χ4n) is 6.24. The minimum absolute atomic E-state index is 0.0396. The van der Waals surface area contributed by atoms with Crippen LogP contribution in [0.25, 0.3) is 0 Å². The standard InChI is InChI=1S/C33H48N4O10/c1-5-44-25(45-6-2)15-14-21-11-10-12-22(17-21)20-37-28(31(40)36-19-26(42-3)43-4)27-29(39)30-23(46-30)18-33(27,47-37)32(41)35-16-9-7-8-13-24(34)38/h10-12,17,23,25-30,39H,5-9,13,16,18-20H2,1-4H3,(H2,34,38)(H,35,41)(H,36,40)/t23?,27?,28?,29-,30?,33-/m0/s1. The number of ether oxygens (including phenoxy) is 5. The molecule has 3 aliphatic rings. The molecule has 47 heavy (non-hydrogen) atoms. The summed E-state index contributed by atoms with van der Waals surface area (Å²) >= 11 is 0. The Morgan fingerprint density at radius 1 is 1.13 bits per heavy atom. The zero-order valence-electron chi connectivity index (χ0n) is 27.6. The van der Waals surface area contributed by atoms with E-state index in [1.165, 1.54) is 19.3 Å². The summed E-state index contributed by atoms with van der Waals surface area (Å²) in [6.07, 6.45) is -0.979. The molecule has 2 aliphatic heterocycles. The van der Waals surface area contributed by atoms with E-state index in [2.05, 4.69) is 22.5 Å². The van der Waals surface area contributed by atoms with Crippen LogP contribution in [0, 0.1) is 17.8 Å². The summed E-state index contributed by atoms with van der Waals surface area (Å²) in [6.45, 7) is 5.12. The Labute approximate surface area is 275 Å². The quantitative estimate of drug-likeness (QED) is 0.0737. The lowest BCUT2D eigenvalue weighted by atomic mass is 9.70. The van der Waals surface area contributed by atoms with Gasteiger partial charge in [0.25, 0.3) is 5.91 Å². The van der Waals surface area contributed by atoms with Crippen molar-refractivity contribution >= 4 is 17.7 Å². The Kier molecular flexibility index (Phi) is 13.5. The number of aliphatic hydroxyl groups is 1. The number of epoxide rings is 1. The number of hydrogen-bond donors (Lipinski definition) is 4. The predicted molar refractivity (Wildman–Crippen MR) is 168 cm³/mol. The summed E-state index contributed by atoms with van der Waals surface area (Å²) < 4.78 is 27.3. The monoisotopic (exact) mass is 660 g/mol. The van der Waals surface area contributed by atoms with Crippen molar-refractivity contribution < 1.29 is 48.0 Å². The van der Waals surface area contributed by atoms with Crippen molar-refractivity contribution in [1.82, 2.24) is 15.7 Å². The van der Waals surface area contributed by atoms with Crippen molar-refractivity contribution in [3.63, 3.8) is 0 Å². The average Bonchev–Trinajstić information content (AvgIpc) is 3.75. The summed E-state index contributed by atoms with van der Waals surface area (Å²) in [5.41, 5.74) is 5.14. The highest BCUT2D eigenvalue weighted by atomic mass is 16.7. The van der Waals surface area contributed by atoms with E-state index in [4.69, 9.17) is 34.3 Å². The van der Waals surface area contributed by atoms with Crippen LogP contribution in [0.1, 0.15) is 57.1 Å². The number of amides is 3. The van der Waals surface area contributed by atoms with Crippen LogP contribution in [0.15, 0.2) is 24.3 Å². The number of carbonyl (C=O) groups excluding carboxylic acids is 3. The van der Waals surface area contributed by atoms with Crippen LogP contribution in [0.3, 0.4) is 0 Å². The Hall–Kier alpha value is -3.13. The third-order valence-corrected chi connectivity index (χ3v) is 8.54. The first-order chi connectivity index (χ1) is 22.7. The maximum atomic E-state index is 14.0. The van der Waals surface area contributed by atoms with Gasteiger partial charge in [-0.2, -0.15) is 5.06 Å². The SMILES string of the molecule is CCOC(C#Cc1cccc(CN2O[C@@]3(C(=O)NCCCCCC(N)=O)CC4OC4[C@@H](O)C3C2C(=O)NCC(OC)OC)c1)OCC. The van der Waals surface area contributed by atoms with Crippen molar-refractivity contribution in [3.8, 4) is 11.8 Å².